The van der Waals surface area contributed by atoms with Gasteiger partial charge < -0.3 is 10.6 Å². The number of thiazole rings is 1. The first-order valence-corrected chi connectivity index (χ1v) is 11.0. The van der Waals surface area contributed by atoms with Gasteiger partial charge in [0.1, 0.15) is 16.5 Å². The molecule has 1 aliphatic rings. The number of rotatable bonds is 4. The van der Waals surface area contributed by atoms with Crippen molar-refractivity contribution in [2.45, 2.75) is 31.5 Å². The Labute approximate surface area is 186 Å². The predicted molar refractivity (Wildman–Crippen MR) is 116 cm³/mol. The van der Waals surface area contributed by atoms with Gasteiger partial charge in [0.25, 0.3) is 5.91 Å². The maximum Gasteiger partial charge on any atom is 0.416 e. The predicted octanol–water partition coefficient (Wildman–Crippen LogP) is 6.68. The van der Waals surface area contributed by atoms with Crippen molar-refractivity contribution in [3.05, 3.63) is 71.3 Å². The quantitative estimate of drug-likeness (QED) is 0.406. The van der Waals surface area contributed by atoms with Gasteiger partial charge in [-0.2, -0.15) is 13.2 Å². The minimum atomic E-state index is -4.53. The fraction of sp³-hybridized carbons (Fsp3) is 0.304. The van der Waals surface area contributed by atoms with Crippen molar-refractivity contribution in [1.82, 2.24) is 9.88 Å². The van der Waals surface area contributed by atoms with Crippen LogP contribution in [0.3, 0.4) is 0 Å². The molecule has 0 aliphatic carbocycles. The molecule has 1 N–H and O–H groups in total. The molecule has 1 atom stereocenters. The third kappa shape index (κ3) is 4.54. The van der Waals surface area contributed by atoms with Crippen molar-refractivity contribution in [2.75, 3.05) is 13.1 Å². The Morgan fingerprint density at radius 3 is 2.59 bits per heavy atom. The molecule has 0 saturated carbocycles. The van der Waals surface area contributed by atoms with Crippen LogP contribution in [0.2, 0.25) is 0 Å². The van der Waals surface area contributed by atoms with Crippen LogP contribution in [0, 0.1) is 5.82 Å². The maximum atomic E-state index is 13.8. The van der Waals surface area contributed by atoms with Gasteiger partial charge in [0, 0.05) is 18.2 Å². The smallest absolute Gasteiger partial charge is 0.416 e. The number of alkyl halides is 3. The highest BCUT2D eigenvalue weighted by Gasteiger charge is 2.33. The zero-order chi connectivity index (χ0) is 22.9. The first kappa shape index (κ1) is 22.4. The van der Waals surface area contributed by atoms with Crippen LogP contribution >= 0.6 is 11.3 Å². The zero-order valence-electron chi connectivity index (χ0n) is 17.0. The van der Waals surface area contributed by atoms with Gasteiger partial charge in [0.15, 0.2) is 0 Å². The van der Waals surface area contributed by atoms with Crippen molar-refractivity contribution in [2.24, 2.45) is 0 Å². The SMILES string of the molecule is [NH-]CC1CCCCN1C(=O)c1nc(-c2cccc(F)c2)sc1-c1cccc(C(F)(F)F)c1. The number of carbonyl (C=O) groups excluding carboxylic acids is 1. The standard InChI is InChI=1S/C23H20F4N3OS/c24-17-8-4-6-15(12-17)21-29-19(22(31)30-10-2-1-9-18(30)13-28)20(32-21)14-5-3-7-16(11-14)23(25,26)27/h3-8,11-12,18,28H,1-2,9-10,13H2/q-1. The number of hydrogen-bond donors (Lipinski definition) is 0. The molecule has 1 unspecified atom stereocenters. The van der Waals surface area contributed by atoms with Gasteiger partial charge in [0.2, 0.25) is 0 Å². The maximum absolute atomic E-state index is 13.8. The Bertz CT molecular complexity index is 1130. The van der Waals surface area contributed by atoms with E-state index in [1.807, 2.05) is 0 Å². The molecule has 0 bridgehead atoms. The second-order valence-corrected chi connectivity index (χ2v) is 8.64. The molecule has 4 nitrogen and oxygen atoms in total. The summed E-state index contributed by atoms with van der Waals surface area (Å²) in [6.07, 6.45) is -2.12. The highest BCUT2D eigenvalue weighted by Crippen LogP contribution is 2.39. The number of benzene rings is 2. The van der Waals surface area contributed by atoms with Gasteiger partial charge in [-0.3, -0.25) is 4.79 Å². The van der Waals surface area contributed by atoms with E-state index in [1.165, 1.54) is 30.3 Å². The molecule has 1 aromatic heterocycles. The number of likely N-dealkylation sites (tertiary alicyclic amines) is 1. The summed E-state index contributed by atoms with van der Waals surface area (Å²) in [6.45, 7) is 0.517. The van der Waals surface area contributed by atoms with Gasteiger partial charge in [-0.15, -0.1) is 17.9 Å². The number of piperidine rings is 1. The van der Waals surface area contributed by atoms with Gasteiger partial charge in [-0.05, 0) is 49.1 Å². The molecule has 4 rings (SSSR count). The normalized spacial score (nSPS) is 16.9. The van der Waals surface area contributed by atoms with E-state index in [0.717, 1.165) is 36.3 Å². The Hall–Kier alpha value is -2.78. The molecule has 1 amide bonds. The lowest BCUT2D eigenvalue weighted by atomic mass is 10.0. The molecule has 1 fully saturated rings. The minimum absolute atomic E-state index is 0.0361. The Morgan fingerprint density at radius 1 is 1.12 bits per heavy atom. The van der Waals surface area contributed by atoms with E-state index in [0.29, 0.717) is 28.4 Å². The summed E-state index contributed by atoms with van der Waals surface area (Å²) in [4.78, 5) is 19.8. The summed E-state index contributed by atoms with van der Waals surface area (Å²) in [5, 5.41) is 0.347. The Morgan fingerprint density at radius 2 is 1.88 bits per heavy atom. The lowest BCUT2D eigenvalue weighted by molar-refractivity contribution is -0.137. The lowest BCUT2D eigenvalue weighted by Crippen LogP contribution is -2.45. The molecule has 2 aromatic carbocycles. The van der Waals surface area contributed by atoms with Crippen LogP contribution < -0.4 is 0 Å². The van der Waals surface area contributed by atoms with Gasteiger partial charge in [0.05, 0.1) is 10.4 Å². The average Bonchev–Trinajstić information content (AvgIpc) is 3.24. The molecular weight excluding hydrogens is 442 g/mol. The molecule has 1 aliphatic heterocycles. The van der Waals surface area contributed by atoms with Crippen LogP contribution in [0.4, 0.5) is 17.6 Å². The molecule has 0 spiro atoms. The van der Waals surface area contributed by atoms with Gasteiger partial charge >= 0.3 is 6.18 Å². The zero-order valence-corrected chi connectivity index (χ0v) is 17.8. The van der Waals surface area contributed by atoms with Crippen molar-refractivity contribution >= 4 is 17.2 Å². The summed E-state index contributed by atoms with van der Waals surface area (Å²) in [5.74, 6) is -0.884. The summed E-state index contributed by atoms with van der Waals surface area (Å²) in [7, 11) is 0. The Kier molecular flexibility index (Phi) is 6.30. The number of amides is 1. The number of carbonyl (C=O) groups is 1. The third-order valence-electron chi connectivity index (χ3n) is 5.48. The summed E-state index contributed by atoms with van der Waals surface area (Å²) < 4.78 is 53.7. The molecule has 9 heteroatoms. The number of hydrogen-bond acceptors (Lipinski definition) is 3. The molecule has 2 heterocycles. The van der Waals surface area contributed by atoms with Crippen molar-refractivity contribution in [3.8, 4) is 21.0 Å². The van der Waals surface area contributed by atoms with Crippen LogP contribution in [-0.4, -0.2) is 34.9 Å². The first-order valence-electron chi connectivity index (χ1n) is 10.2. The summed E-state index contributed by atoms with van der Waals surface area (Å²) in [5.41, 5.74) is 7.66. The number of nitrogens with zero attached hydrogens (tertiary/aromatic N) is 2. The molecular formula is C23H20F4N3OS-. The fourth-order valence-electron chi connectivity index (χ4n) is 3.86. The van der Waals surface area contributed by atoms with E-state index in [9.17, 15) is 22.4 Å². The van der Waals surface area contributed by atoms with Crippen molar-refractivity contribution in [1.29, 1.82) is 0 Å². The summed E-state index contributed by atoms with van der Waals surface area (Å²) in [6, 6.07) is 10.2. The van der Waals surface area contributed by atoms with Crippen molar-refractivity contribution in [3.63, 3.8) is 0 Å². The van der Waals surface area contributed by atoms with E-state index in [4.69, 9.17) is 5.73 Å². The van der Waals surface area contributed by atoms with E-state index < -0.39 is 23.5 Å². The van der Waals surface area contributed by atoms with Crippen LogP contribution in [-0.2, 0) is 6.18 Å². The van der Waals surface area contributed by atoms with Crippen LogP contribution in [0.5, 0.6) is 0 Å². The van der Waals surface area contributed by atoms with E-state index >= 15 is 0 Å². The number of aromatic nitrogens is 1. The number of nitrogens with one attached hydrogen (secondary N) is 1. The Balaban J connectivity index is 1.84. The van der Waals surface area contributed by atoms with Gasteiger partial charge in [-0.1, -0.05) is 24.3 Å². The third-order valence-corrected chi connectivity index (χ3v) is 6.63. The summed E-state index contributed by atoms with van der Waals surface area (Å²) >= 11 is 1.06. The van der Waals surface area contributed by atoms with E-state index in [-0.39, 0.29) is 23.8 Å². The minimum Gasteiger partial charge on any atom is -0.676 e. The largest absolute Gasteiger partial charge is 0.676 e. The van der Waals surface area contributed by atoms with Crippen LogP contribution in [0.1, 0.15) is 35.3 Å². The van der Waals surface area contributed by atoms with E-state index in [1.54, 1.807) is 11.0 Å². The topological polar surface area (TPSA) is 57.0 Å². The van der Waals surface area contributed by atoms with Crippen LogP contribution in [0.15, 0.2) is 48.5 Å². The molecule has 32 heavy (non-hydrogen) atoms. The highest BCUT2D eigenvalue weighted by molar-refractivity contribution is 7.18. The molecule has 168 valence electrons. The fourth-order valence-corrected chi connectivity index (χ4v) is 4.91. The molecule has 1 saturated heterocycles. The second-order valence-electron chi connectivity index (χ2n) is 7.64. The molecule has 3 aromatic rings. The lowest BCUT2D eigenvalue weighted by Gasteiger charge is -2.37. The first-order chi connectivity index (χ1) is 15.3. The average molecular weight is 462 g/mol. The monoisotopic (exact) mass is 462 g/mol. The van der Waals surface area contributed by atoms with Crippen molar-refractivity contribution < 1.29 is 22.4 Å². The number of halogens is 4. The molecule has 0 radical (unpaired) electrons. The van der Waals surface area contributed by atoms with Gasteiger partial charge in [-0.25, -0.2) is 9.37 Å². The second kappa shape index (κ2) is 8.99. The van der Waals surface area contributed by atoms with E-state index in [2.05, 4.69) is 4.98 Å². The van der Waals surface area contributed by atoms with Crippen LogP contribution in [0.25, 0.3) is 26.7 Å². The highest BCUT2D eigenvalue weighted by atomic mass is 32.1.